The van der Waals surface area contributed by atoms with Crippen molar-refractivity contribution in [2.75, 3.05) is 31.6 Å². The van der Waals surface area contributed by atoms with Gasteiger partial charge in [0.2, 0.25) is 5.82 Å². The minimum Gasteiger partial charge on any atom is -0.378 e. The van der Waals surface area contributed by atoms with Crippen molar-refractivity contribution >= 4 is 5.82 Å². The van der Waals surface area contributed by atoms with E-state index in [1.165, 1.54) is 14.1 Å². The van der Waals surface area contributed by atoms with Crippen molar-refractivity contribution in [1.29, 1.82) is 0 Å². The predicted octanol–water partition coefficient (Wildman–Crippen LogP) is -2.13. The van der Waals surface area contributed by atoms with Crippen LogP contribution in [0.15, 0.2) is 9.59 Å². The highest BCUT2D eigenvalue weighted by atomic mass is 16.5. The summed E-state index contributed by atoms with van der Waals surface area (Å²) in [6, 6.07) is 0. The number of rotatable bonds is 6. The zero-order chi connectivity index (χ0) is 12.8. The quantitative estimate of drug-likeness (QED) is 0.553. The highest BCUT2D eigenvalue weighted by Gasteiger charge is 2.07. The van der Waals surface area contributed by atoms with Crippen LogP contribution in [-0.2, 0) is 18.8 Å². The third-order valence-electron chi connectivity index (χ3n) is 2.12. The molecular weight excluding hydrogens is 226 g/mol. The number of nitrogens with one attached hydrogen (secondary N) is 1. The topological polar surface area (TPSA) is 104 Å². The molecule has 0 radical (unpaired) electrons. The second-order valence-electron chi connectivity index (χ2n) is 3.45. The van der Waals surface area contributed by atoms with E-state index in [0.29, 0.717) is 26.3 Å². The van der Waals surface area contributed by atoms with Crippen molar-refractivity contribution in [1.82, 2.24) is 14.3 Å². The number of ether oxygens (including phenoxy) is 1. The van der Waals surface area contributed by atoms with E-state index in [9.17, 15) is 9.59 Å². The van der Waals surface area contributed by atoms with Crippen molar-refractivity contribution in [3.8, 4) is 0 Å². The van der Waals surface area contributed by atoms with Crippen LogP contribution in [0.1, 0.15) is 0 Å². The summed E-state index contributed by atoms with van der Waals surface area (Å²) in [5.74, 6) is 0.131. The minimum atomic E-state index is -0.458. The lowest BCUT2D eigenvalue weighted by atomic mass is 10.6. The Hall–Kier alpha value is -1.67. The summed E-state index contributed by atoms with van der Waals surface area (Å²) in [7, 11) is 2.89. The number of hydrogen-bond donors (Lipinski definition) is 2. The van der Waals surface area contributed by atoms with Gasteiger partial charge >= 0.3 is 5.69 Å². The molecule has 1 rings (SSSR count). The van der Waals surface area contributed by atoms with Gasteiger partial charge in [-0.2, -0.15) is 0 Å². The lowest BCUT2D eigenvalue weighted by molar-refractivity contribution is 0.151. The molecule has 0 aliphatic rings. The van der Waals surface area contributed by atoms with Gasteiger partial charge in [-0.05, 0) is 0 Å². The van der Waals surface area contributed by atoms with Gasteiger partial charge in [0.05, 0.1) is 13.2 Å². The summed E-state index contributed by atoms with van der Waals surface area (Å²) >= 11 is 0. The molecule has 0 bridgehead atoms. The van der Waals surface area contributed by atoms with Crippen LogP contribution >= 0.6 is 0 Å². The van der Waals surface area contributed by atoms with Gasteiger partial charge in [0.1, 0.15) is 0 Å². The summed E-state index contributed by atoms with van der Waals surface area (Å²) in [4.78, 5) is 23.0. The van der Waals surface area contributed by atoms with Gasteiger partial charge in [-0.3, -0.25) is 9.36 Å². The number of aromatic nitrogens is 3. The Morgan fingerprint density at radius 3 is 2.71 bits per heavy atom. The van der Waals surface area contributed by atoms with Gasteiger partial charge < -0.3 is 15.8 Å². The zero-order valence-corrected chi connectivity index (χ0v) is 9.97. The maximum absolute atomic E-state index is 11.6. The average molecular weight is 243 g/mol. The van der Waals surface area contributed by atoms with Crippen LogP contribution in [0.3, 0.4) is 0 Å². The van der Waals surface area contributed by atoms with Crippen LogP contribution in [0, 0.1) is 0 Å². The average Bonchev–Trinajstić information content (AvgIpc) is 2.32. The molecule has 1 heterocycles. The molecule has 0 amide bonds. The molecule has 8 heteroatoms. The molecule has 1 aromatic heterocycles. The molecule has 0 aliphatic carbocycles. The lowest BCUT2D eigenvalue weighted by Gasteiger charge is -2.07. The lowest BCUT2D eigenvalue weighted by Crippen LogP contribution is -2.40. The van der Waals surface area contributed by atoms with Crippen molar-refractivity contribution in [2.45, 2.75) is 0 Å². The Morgan fingerprint density at radius 2 is 2.06 bits per heavy atom. The highest BCUT2D eigenvalue weighted by molar-refractivity contribution is 5.29. The maximum Gasteiger partial charge on any atom is 0.346 e. The molecule has 0 aliphatic heterocycles. The van der Waals surface area contributed by atoms with E-state index < -0.39 is 11.2 Å². The number of anilines is 1. The summed E-state index contributed by atoms with van der Waals surface area (Å²) in [6.45, 7) is 1.78. The van der Waals surface area contributed by atoms with E-state index in [1.54, 1.807) is 0 Å². The number of nitrogens with zero attached hydrogens (tertiary/aromatic N) is 3. The van der Waals surface area contributed by atoms with E-state index >= 15 is 0 Å². The number of hydrogen-bond acceptors (Lipinski definition) is 6. The maximum atomic E-state index is 11.6. The minimum absolute atomic E-state index is 0.131. The predicted molar refractivity (Wildman–Crippen MR) is 63.1 cm³/mol. The van der Waals surface area contributed by atoms with Gasteiger partial charge in [-0.15, -0.1) is 5.10 Å². The van der Waals surface area contributed by atoms with Crippen LogP contribution in [0.25, 0.3) is 0 Å². The van der Waals surface area contributed by atoms with Gasteiger partial charge in [0.25, 0.3) is 5.56 Å². The van der Waals surface area contributed by atoms with Crippen molar-refractivity contribution in [2.24, 2.45) is 19.8 Å². The Bertz CT molecular complexity index is 479. The first kappa shape index (κ1) is 13.4. The summed E-state index contributed by atoms with van der Waals surface area (Å²) < 4.78 is 7.23. The van der Waals surface area contributed by atoms with E-state index in [0.717, 1.165) is 9.25 Å². The molecule has 0 fully saturated rings. The van der Waals surface area contributed by atoms with Gasteiger partial charge in [0.15, 0.2) is 0 Å². The summed E-state index contributed by atoms with van der Waals surface area (Å²) in [5, 5.41) is 6.64. The molecule has 0 aromatic carbocycles. The molecule has 8 nitrogen and oxygen atoms in total. The van der Waals surface area contributed by atoms with E-state index in [-0.39, 0.29) is 5.82 Å². The smallest absolute Gasteiger partial charge is 0.346 e. The molecule has 0 saturated carbocycles. The van der Waals surface area contributed by atoms with E-state index in [1.807, 2.05) is 0 Å². The van der Waals surface area contributed by atoms with Crippen LogP contribution in [0.2, 0.25) is 0 Å². The highest BCUT2D eigenvalue weighted by Crippen LogP contribution is 1.88. The molecule has 0 saturated heterocycles. The van der Waals surface area contributed by atoms with Gasteiger partial charge in [0, 0.05) is 27.2 Å². The molecule has 3 N–H and O–H groups in total. The Kier molecular flexibility index (Phi) is 4.85. The monoisotopic (exact) mass is 243 g/mol. The van der Waals surface area contributed by atoms with Crippen molar-refractivity contribution in [3.63, 3.8) is 0 Å². The fraction of sp³-hybridized carbons (Fsp3) is 0.667. The molecule has 0 unspecified atom stereocenters. The Balaban J connectivity index is 2.66. The van der Waals surface area contributed by atoms with Crippen molar-refractivity contribution < 1.29 is 4.74 Å². The first-order valence-corrected chi connectivity index (χ1v) is 5.24. The van der Waals surface area contributed by atoms with E-state index in [2.05, 4.69) is 10.4 Å². The second-order valence-corrected chi connectivity index (χ2v) is 3.45. The third-order valence-corrected chi connectivity index (χ3v) is 2.12. The molecular formula is C9H17N5O3. The first-order chi connectivity index (χ1) is 8.07. The second kappa shape index (κ2) is 6.16. The van der Waals surface area contributed by atoms with Crippen LogP contribution in [0.4, 0.5) is 5.82 Å². The van der Waals surface area contributed by atoms with Crippen LogP contribution in [0.5, 0.6) is 0 Å². The summed E-state index contributed by atoms with van der Waals surface area (Å²) in [5.41, 5.74) is 4.34. The Labute approximate surface area is 98.0 Å². The standard InChI is InChI=1S/C9H17N5O3/c1-13-8(15)7(12-14(2)9(13)16)11-4-6-17-5-3-10/h3-6,10H2,1-2H3,(H,11,12). The first-order valence-electron chi connectivity index (χ1n) is 5.24. The fourth-order valence-electron chi connectivity index (χ4n) is 1.24. The molecule has 1 aromatic rings. The molecule has 17 heavy (non-hydrogen) atoms. The van der Waals surface area contributed by atoms with Crippen LogP contribution in [-0.4, -0.2) is 40.7 Å². The zero-order valence-electron chi connectivity index (χ0n) is 9.97. The Morgan fingerprint density at radius 1 is 1.35 bits per heavy atom. The fourth-order valence-corrected chi connectivity index (χ4v) is 1.24. The molecule has 96 valence electrons. The number of aryl methyl sites for hydroxylation is 1. The van der Waals surface area contributed by atoms with Gasteiger partial charge in [-0.1, -0.05) is 0 Å². The normalized spacial score (nSPS) is 10.5. The SMILES string of the molecule is Cn1nc(NCCOCCN)c(=O)n(C)c1=O. The molecule has 0 atom stereocenters. The van der Waals surface area contributed by atoms with Crippen LogP contribution < -0.4 is 22.3 Å². The van der Waals surface area contributed by atoms with Crippen molar-refractivity contribution in [3.05, 3.63) is 20.8 Å². The summed E-state index contributed by atoms with van der Waals surface area (Å²) in [6.07, 6.45) is 0. The largest absolute Gasteiger partial charge is 0.378 e. The van der Waals surface area contributed by atoms with Gasteiger partial charge in [-0.25, -0.2) is 9.48 Å². The number of nitrogens with two attached hydrogens (primary N) is 1. The third kappa shape index (κ3) is 3.40. The van der Waals surface area contributed by atoms with E-state index in [4.69, 9.17) is 10.5 Å². The molecule has 0 spiro atoms.